The Morgan fingerprint density at radius 1 is 0.756 bits per heavy atom. The number of hydrogen-bond acceptors (Lipinski definition) is 8. The van der Waals surface area contributed by atoms with Gasteiger partial charge in [0.1, 0.15) is 11.5 Å². The van der Waals surface area contributed by atoms with E-state index in [0.717, 1.165) is 10.8 Å². The lowest BCUT2D eigenvalue weighted by Gasteiger charge is -2.15. The Labute approximate surface area is 233 Å². The molecular formula is C32H24N2O7. The van der Waals surface area contributed by atoms with Gasteiger partial charge in [-0.2, -0.15) is 0 Å². The summed E-state index contributed by atoms with van der Waals surface area (Å²) < 4.78 is 12.0. The first-order valence-electron chi connectivity index (χ1n) is 12.7. The molecule has 41 heavy (non-hydrogen) atoms. The lowest BCUT2D eigenvalue weighted by atomic mass is 9.99. The van der Waals surface area contributed by atoms with Gasteiger partial charge in [0.05, 0.1) is 29.3 Å². The summed E-state index contributed by atoms with van der Waals surface area (Å²) in [6, 6.07) is 22.5. The van der Waals surface area contributed by atoms with E-state index in [0.29, 0.717) is 54.7 Å². The zero-order valence-corrected chi connectivity index (χ0v) is 22.3. The van der Waals surface area contributed by atoms with Crippen LogP contribution in [-0.2, 0) is 0 Å². The van der Waals surface area contributed by atoms with E-state index in [1.807, 2.05) is 36.4 Å². The van der Waals surface area contributed by atoms with E-state index in [-0.39, 0.29) is 5.56 Å². The molecule has 0 unspecified atom stereocenters. The van der Waals surface area contributed by atoms with E-state index in [1.165, 1.54) is 24.3 Å². The Morgan fingerprint density at radius 2 is 1.39 bits per heavy atom. The van der Waals surface area contributed by atoms with E-state index >= 15 is 0 Å². The van der Waals surface area contributed by atoms with Crippen molar-refractivity contribution in [2.24, 2.45) is 0 Å². The Morgan fingerprint density at radius 3 is 2.05 bits per heavy atom. The van der Waals surface area contributed by atoms with Gasteiger partial charge in [0.2, 0.25) is 11.8 Å². The molecule has 0 aliphatic carbocycles. The van der Waals surface area contributed by atoms with Gasteiger partial charge >= 0.3 is 11.9 Å². The molecule has 0 saturated heterocycles. The average Bonchev–Trinajstić information content (AvgIpc) is 3.28. The largest absolute Gasteiger partial charge is 0.497 e. The molecule has 2 aromatic heterocycles. The molecule has 204 valence electrons. The quantitative estimate of drug-likeness (QED) is 0.156. The summed E-state index contributed by atoms with van der Waals surface area (Å²) in [6.45, 7) is 3.41. The van der Waals surface area contributed by atoms with Crippen molar-refractivity contribution in [1.82, 2.24) is 9.71 Å². The van der Waals surface area contributed by atoms with Crippen molar-refractivity contribution < 1.29 is 34.1 Å². The first kappa shape index (κ1) is 25.7. The molecule has 6 aromatic rings. The monoisotopic (exact) mass is 548 g/mol. The summed E-state index contributed by atoms with van der Waals surface area (Å²) >= 11 is 0. The van der Waals surface area contributed by atoms with Crippen molar-refractivity contribution in [2.45, 2.75) is 13.8 Å². The van der Waals surface area contributed by atoms with Gasteiger partial charge < -0.3 is 24.5 Å². The second-order valence-electron chi connectivity index (χ2n) is 9.64. The minimum absolute atomic E-state index is 0.142. The molecule has 9 heteroatoms. The predicted octanol–water partition coefficient (Wildman–Crippen LogP) is 5.87. The highest BCUT2D eigenvalue weighted by Crippen LogP contribution is 2.34. The van der Waals surface area contributed by atoms with Crippen LogP contribution in [0.2, 0.25) is 0 Å². The number of hydrogen-bond donors (Lipinski definition) is 2. The van der Waals surface area contributed by atoms with Crippen LogP contribution in [0.4, 0.5) is 0 Å². The Hall–Kier alpha value is -5.57. The maximum Gasteiger partial charge on any atom is 0.363 e. The number of carbonyl (C=O) groups is 2. The second kappa shape index (κ2) is 9.87. The van der Waals surface area contributed by atoms with Crippen LogP contribution in [-0.4, -0.2) is 39.0 Å². The fourth-order valence-corrected chi connectivity index (χ4v) is 4.96. The minimum atomic E-state index is -0.819. The molecule has 0 saturated carbocycles. The first-order valence-corrected chi connectivity index (χ1v) is 12.7. The minimum Gasteiger partial charge on any atom is -0.497 e. The second-order valence-corrected chi connectivity index (χ2v) is 9.64. The molecule has 0 radical (unpaired) electrons. The highest BCUT2D eigenvalue weighted by Gasteiger charge is 2.23. The first-order chi connectivity index (χ1) is 19.7. The van der Waals surface area contributed by atoms with Gasteiger partial charge in [-0.15, -0.1) is 4.73 Å². The van der Waals surface area contributed by atoms with Crippen molar-refractivity contribution in [3.8, 4) is 23.3 Å². The van der Waals surface area contributed by atoms with Crippen molar-refractivity contribution >= 4 is 44.5 Å². The summed E-state index contributed by atoms with van der Waals surface area (Å²) in [4.78, 5) is 36.6. The van der Waals surface area contributed by atoms with Crippen LogP contribution in [0.15, 0.2) is 78.9 Å². The van der Waals surface area contributed by atoms with Crippen LogP contribution >= 0.6 is 0 Å². The lowest BCUT2D eigenvalue weighted by molar-refractivity contribution is 0.0381. The number of ether oxygens (including phenoxy) is 2. The Bertz CT molecular complexity index is 1980. The number of aromatic hydroxyl groups is 2. The third kappa shape index (κ3) is 4.53. The highest BCUT2D eigenvalue weighted by atomic mass is 16.7. The molecule has 4 aromatic carbocycles. The van der Waals surface area contributed by atoms with Crippen LogP contribution in [0, 0.1) is 13.8 Å². The molecule has 0 amide bonds. The molecule has 0 aliphatic rings. The van der Waals surface area contributed by atoms with Crippen LogP contribution < -0.4 is 14.3 Å². The van der Waals surface area contributed by atoms with Crippen LogP contribution in [0.25, 0.3) is 32.6 Å². The van der Waals surface area contributed by atoms with Crippen molar-refractivity contribution in [3.05, 3.63) is 101 Å². The van der Waals surface area contributed by atoms with E-state index in [9.17, 15) is 19.8 Å². The number of esters is 1. The van der Waals surface area contributed by atoms with E-state index in [2.05, 4.69) is 0 Å². The summed E-state index contributed by atoms with van der Waals surface area (Å²) in [5.41, 5.74) is 2.77. The van der Waals surface area contributed by atoms with Gasteiger partial charge in [0, 0.05) is 22.9 Å². The molecule has 2 heterocycles. The number of fused-ring (bicyclic) bond motifs is 3. The molecule has 0 bridgehead atoms. The number of aromatic nitrogens is 2. The van der Waals surface area contributed by atoms with Gasteiger partial charge in [-0.3, -0.25) is 0 Å². The number of methoxy groups -OCH3 is 1. The topological polar surface area (TPSA) is 120 Å². The molecule has 0 spiro atoms. The van der Waals surface area contributed by atoms with Crippen LogP contribution in [0.3, 0.4) is 0 Å². The van der Waals surface area contributed by atoms with Gasteiger partial charge in [-0.25, -0.2) is 14.6 Å². The van der Waals surface area contributed by atoms with E-state index in [1.54, 1.807) is 39.2 Å². The smallest absolute Gasteiger partial charge is 0.363 e. The molecular weight excluding hydrogens is 524 g/mol. The van der Waals surface area contributed by atoms with Gasteiger partial charge in [-0.05, 0) is 78.2 Å². The van der Waals surface area contributed by atoms with Gasteiger partial charge in [0.25, 0.3) is 0 Å². The summed E-state index contributed by atoms with van der Waals surface area (Å²) in [5, 5.41) is 22.7. The Kier molecular flexibility index (Phi) is 6.19. The van der Waals surface area contributed by atoms with Crippen LogP contribution in [0.1, 0.15) is 31.8 Å². The fraction of sp³-hybridized carbons (Fsp3) is 0.0938. The molecule has 0 fully saturated rings. The van der Waals surface area contributed by atoms with Gasteiger partial charge in [0.15, 0.2) is 0 Å². The molecule has 0 aliphatic heterocycles. The van der Waals surface area contributed by atoms with E-state index < -0.39 is 23.7 Å². The number of nitrogens with zero attached hydrogens (tertiary/aromatic N) is 2. The van der Waals surface area contributed by atoms with Crippen molar-refractivity contribution in [3.63, 3.8) is 0 Å². The lowest BCUT2D eigenvalue weighted by Crippen LogP contribution is -2.19. The third-order valence-electron chi connectivity index (χ3n) is 6.91. The maximum absolute atomic E-state index is 13.9. The number of rotatable bonds is 5. The third-order valence-corrected chi connectivity index (χ3v) is 6.91. The normalized spacial score (nSPS) is 11.2. The molecule has 2 N–H and O–H groups in total. The Balaban J connectivity index is 1.42. The number of pyridine rings is 1. The summed E-state index contributed by atoms with van der Waals surface area (Å²) in [7, 11) is 1.56. The van der Waals surface area contributed by atoms with E-state index in [4.69, 9.17) is 19.3 Å². The summed E-state index contributed by atoms with van der Waals surface area (Å²) in [5.74, 6) is -1.41. The zero-order chi connectivity index (χ0) is 28.8. The number of aryl methyl sites for hydroxylation is 2. The summed E-state index contributed by atoms with van der Waals surface area (Å²) in [6.07, 6.45) is 0. The van der Waals surface area contributed by atoms with Gasteiger partial charge in [-0.1, -0.05) is 24.3 Å². The molecule has 0 atom stereocenters. The predicted molar refractivity (Wildman–Crippen MR) is 153 cm³/mol. The number of benzene rings is 4. The molecule has 9 nitrogen and oxygen atoms in total. The highest BCUT2D eigenvalue weighted by molar-refractivity contribution is 6.17. The maximum atomic E-state index is 13.9. The molecule has 6 rings (SSSR count). The SMILES string of the molecule is COc1ccc2nc3cc4ccccc4cc3c(C(=O)Oc3c(C)cc(C(=O)On4c(O)ccc4O)cc3C)c2c1. The average molecular weight is 549 g/mol. The standard InChI is InChI=1S/C32H24N2O7/c1-17-12-21(31(37)41-34-27(35)10-11-28(34)36)13-18(2)30(17)40-32(38)29-23-14-19-6-4-5-7-20(19)15-26(23)33-25-9-8-22(39-3)16-24(25)29/h4-16,35-36H,1-3H3. The van der Waals surface area contributed by atoms with Crippen LogP contribution in [0.5, 0.6) is 23.3 Å². The number of carbonyl (C=O) groups excluding carboxylic acids is 2. The fourth-order valence-electron chi connectivity index (χ4n) is 4.96. The van der Waals surface area contributed by atoms with Crippen molar-refractivity contribution in [2.75, 3.05) is 7.11 Å². The van der Waals surface area contributed by atoms with Crippen molar-refractivity contribution in [1.29, 1.82) is 0 Å². The zero-order valence-electron chi connectivity index (χ0n) is 22.3.